The molecule has 0 bridgehead atoms. The lowest BCUT2D eigenvalue weighted by Gasteiger charge is -2.45. The molecule has 4 nitrogen and oxygen atoms in total. The second-order valence-electron chi connectivity index (χ2n) is 8.23. The fourth-order valence-corrected chi connectivity index (χ4v) is 4.86. The zero-order valence-corrected chi connectivity index (χ0v) is 17.4. The van der Waals surface area contributed by atoms with Gasteiger partial charge in [0.15, 0.2) is 5.60 Å². The fourth-order valence-electron chi connectivity index (χ4n) is 4.86. The highest BCUT2D eigenvalue weighted by Crippen LogP contribution is 2.44. The number of piperidine rings is 1. The zero-order chi connectivity index (χ0) is 19.4. The van der Waals surface area contributed by atoms with Crippen molar-refractivity contribution < 1.29 is 9.53 Å². The van der Waals surface area contributed by atoms with Crippen molar-refractivity contribution in [2.45, 2.75) is 77.5 Å². The number of esters is 1. The average Bonchev–Trinajstić information content (AvgIpc) is 2.92. The van der Waals surface area contributed by atoms with E-state index in [-0.39, 0.29) is 12.0 Å². The van der Waals surface area contributed by atoms with Gasteiger partial charge in [-0.3, -0.25) is 9.80 Å². The quantitative estimate of drug-likeness (QED) is 0.547. The van der Waals surface area contributed by atoms with E-state index in [0.29, 0.717) is 6.04 Å². The molecule has 0 aliphatic carbocycles. The van der Waals surface area contributed by atoms with Gasteiger partial charge in [0.05, 0.1) is 12.6 Å². The van der Waals surface area contributed by atoms with E-state index >= 15 is 0 Å². The van der Waals surface area contributed by atoms with Gasteiger partial charge in [0.1, 0.15) is 0 Å². The molecule has 3 rings (SSSR count). The van der Waals surface area contributed by atoms with Crippen molar-refractivity contribution in [2.24, 2.45) is 0 Å². The summed E-state index contributed by atoms with van der Waals surface area (Å²) in [7, 11) is 0. The van der Waals surface area contributed by atoms with Gasteiger partial charge < -0.3 is 4.74 Å². The van der Waals surface area contributed by atoms with E-state index < -0.39 is 5.60 Å². The summed E-state index contributed by atoms with van der Waals surface area (Å²) < 4.78 is 5.89. The highest BCUT2D eigenvalue weighted by atomic mass is 16.6. The Labute approximate surface area is 164 Å². The normalized spacial score (nSPS) is 30.5. The molecule has 0 radical (unpaired) electrons. The van der Waals surface area contributed by atoms with E-state index in [4.69, 9.17) is 4.74 Å². The first kappa shape index (κ1) is 20.2. The second kappa shape index (κ2) is 8.63. The van der Waals surface area contributed by atoms with Crippen LogP contribution in [0, 0.1) is 11.8 Å². The molecule has 4 heteroatoms. The Kier molecular flexibility index (Phi) is 6.44. The molecular formula is C23H34N2O2. The highest BCUT2D eigenvalue weighted by Gasteiger charge is 2.51. The summed E-state index contributed by atoms with van der Waals surface area (Å²) >= 11 is 0. The molecule has 0 spiro atoms. The van der Waals surface area contributed by atoms with E-state index in [2.05, 4.69) is 55.4 Å². The Morgan fingerprint density at radius 1 is 1.30 bits per heavy atom. The van der Waals surface area contributed by atoms with Gasteiger partial charge in [0, 0.05) is 23.3 Å². The van der Waals surface area contributed by atoms with Crippen molar-refractivity contribution in [3.8, 4) is 11.8 Å². The largest absolute Gasteiger partial charge is 0.450 e. The van der Waals surface area contributed by atoms with E-state index in [9.17, 15) is 4.79 Å². The summed E-state index contributed by atoms with van der Waals surface area (Å²) in [4.78, 5) is 17.1. The molecule has 3 aliphatic heterocycles. The minimum absolute atomic E-state index is 0.223. The van der Waals surface area contributed by atoms with Gasteiger partial charge in [0.25, 0.3) is 0 Å². The molecule has 0 aromatic carbocycles. The summed E-state index contributed by atoms with van der Waals surface area (Å²) in [6.45, 7) is 12.7. The molecule has 0 amide bonds. The van der Waals surface area contributed by atoms with Crippen LogP contribution in [0.2, 0.25) is 0 Å². The summed E-state index contributed by atoms with van der Waals surface area (Å²) in [5.41, 5.74) is 1.40. The van der Waals surface area contributed by atoms with Crippen LogP contribution in [-0.2, 0) is 9.53 Å². The van der Waals surface area contributed by atoms with Gasteiger partial charge in [-0.05, 0) is 59.2 Å². The number of rotatable bonds is 5. The maximum Gasteiger partial charge on any atom is 0.332 e. The van der Waals surface area contributed by atoms with Gasteiger partial charge >= 0.3 is 5.97 Å². The predicted octanol–water partition coefficient (Wildman–Crippen LogP) is 3.54. The molecule has 148 valence electrons. The third kappa shape index (κ3) is 4.15. The number of ether oxygens (including phenoxy) is 1. The SMILES string of the molecule is CCCN(CC#CC1=C[C@H](C)N2CCCCC2[C@@]2(C)OC(=O)C=C12)CCC. The Hall–Kier alpha value is -1.57. The summed E-state index contributed by atoms with van der Waals surface area (Å²) in [5, 5.41) is 0. The van der Waals surface area contributed by atoms with E-state index in [1.807, 2.05) is 0 Å². The minimum Gasteiger partial charge on any atom is -0.450 e. The van der Waals surface area contributed by atoms with E-state index in [0.717, 1.165) is 56.6 Å². The van der Waals surface area contributed by atoms with Gasteiger partial charge in [0.2, 0.25) is 0 Å². The number of carbonyl (C=O) groups is 1. The lowest BCUT2D eigenvalue weighted by Crippen LogP contribution is -2.55. The molecule has 0 N–H and O–H groups in total. The Bertz CT molecular complexity index is 678. The monoisotopic (exact) mass is 370 g/mol. The van der Waals surface area contributed by atoms with Crippen molar-refractivity contribution >= 4 is 5.97 Å². The molecule has 3 heterocycles. The van der Waals surface area contributed by atoms with Crippen LogP contribution < -0.4 is 0 Å². The predicted molar refractivity (Wildman–Crippen MR) is 109 cm³/mol. The summed E-state index contributed by atoms with van der Waals surface area (Å²) in [5.74, 6) is 6.57. The van der Waals surface area contributed by atoms with Crippen LogP contribution in [-0.4, -0.2) is 59.6 Å². The molecule has 3 aliphatic rings. The Balaban J connectivity index is 1.89. The van der Waals surface area contributed by atoms with Crippen molar-refractivity contribution in [2.75, 3.05) is 26.2 Å². The molecular weight excluding hydrogens is 336 g/mol. The van der Waals surface area contributed by atoms with Gasteiger partial charge in [-0.1, -0.05) is 38.2 Å². The van der Waals surface area contributed by atoms with E-state index in [1.165, 1.54) is 12.8 Å². The smallest absolute Gasteiger partial charge is 0.332 e. The van der Waals surface area contributed by atoms with Crippen LogP contribution in [0.4, 0.5) is 0 Å². The first-order chi connectivity index (χ1) is 13.0. The average molecular weight is 371 g/mol. The number of nitrogens with zero attached hydrogens (tertiary/aromatic N) is 2. The molecule has 0 aromatic heterocycles. The molecule has 1 fully saturated rings. The van der Waals surface area contributed by atoms with Gasteiger partial charge in [-0.15, -0.1) is 0 Å². The maximum absolute atomic E-state index is 12.2. The van der Waals surface area contributed by atoms with Crippen LogP contribution >= 0.6 is 0 Å². The number of carbonyl (C=O) groups excluding carboxylic acids is 1. The molecule has 0 aromatic rings. The topological polar surface area (TPSA) is 32.8 Å². The number of hydrogen-bond donors (Lipinski definition) is 0. The molecule has 0 saturated carbocycles. The van der Waals surface area contributed by atoms with E-state index in [1.54, 1.807) is 6.08 Å². The van der Waals surface area contributed by atoms with Crippen LogP contribution in [0.15, 0.2) is 23.3 Å². The third-order valence-electron chi connectivity index (χ3n) is 6.12. The Morgan fingerprint density at radius 2 is 2.04 bits per heavy atom. The van der Waals surface area contributed by atoms with Crippen molar-refractivity contribution in [1.82, 2.24) is 9.80 Å². The van der Waals surface area contributed by atoms with Crippen molar-refractivity contribution in [3.05, 3.63) is 23.3 Å². The first-order valence-electron chi connectivity index (χ1n) is 10.6. The zero-order valence-electron chi connectivity index (χ0n) is 17.4. The molecule has 1 unspecified atom stereocenters. The molecule has 27 heavy (non-hydrogen) atoms. The number of hydrogen-bond acceptors (Lipinski definition) is 4. The standard InChI is InChI=1S/C23H34N2O2/c1-5-12-24(13-6-2)14-9-10-19-16-18(3)25-15-8-7-11-21(25)23(4)20(19)17-22(26)27-23/h16-18,21H,5-8,11-15H2,1-4H3/t18-,21?,23-/m0/s1. The first-order valence-corrected chi connectivity index (χ1v) is 10.6. The van der Waals surface area contributed by atoms with Crippen LogP contribution in [0.5, 0.6) is 0 Å². The lowest BCUT2D eigenvalue weighted by molar-refractivity contribution is -0.151. The van der Waals surface area contributed by atoms with Gasteiger partial charge in [-0.2, -0.15) is 0 Å². The molecule has 3 atom stereocenters. The minimum atomic E-state index is -0.574. The maximum atomic E-state index is 12.2. The molecule has 1 saturated heterocycles. The highest BCUT2D eigenvalue weighted by molar-refractivity contribution is 5.89. The van der Waals surface area contributed by atoms with Crippen molar-refractivity contribution in [3.63, 3.8) is 0 Å². The Morgan fingerprint density at radius 3 is 2.74 bits per heavy atom. The van der Waals surface area contributed by atoms with Crippen LogP contribution in [0.25, 0.3) is 0 Å². The number of fused-ring (bicyclic) bond motifs is 3. The third-order valence-corrected chi connectivity index (χ3v) is 6.12. The summed E-state index contributed by atoms with van der Waals surface area (Å²) in [6.07, 6.45) is 9.68. The lowest BCUT2D eigenvalue weighted by atomic mass is 9.81. The fraction of sp³-hybridized carbons (Fsp3) is 0.696. The summed E-state index contributed by atoms with van der Waals surface area (Å²) in [6, 6.07) is 0.551. The van der Waals surface area contributed by atoms with Crippen LogP contribution in [0.1, 0.15) is 59.8 Å². The van der Waals surface area contributed by atoms with Gasteiger partial charge in [-0.25, -0.2) is 4.79 Å². The second-order valence-corrected chi connectivity index (χ2v) is 8.23. The van der Waals surface area contributed by atoms with Crippen LogP contribution in [0.3, 0.4) is 0 Å². The van der Waals surface area contributed by atoms with Crippen molar-refractivity contribution in [1.29, 1.82) is 0 Å².